The van der Waals surface area contributed by atoms with Crippen molar-refractivity contribution in [1.29, 1.82) is 0 Å². The quantitative estimate of drug-likeness (QED) is 0.733. The van der Waals surface area contributed by atoms with E-state index in [0.29, 0.717) is 17.9 Å². The van der Waals surface area contributed by atoms with Crippen molar-refractivity contribution in [3.8, 4) is 11.4 Å². The predicted octanol–water partition coefficient (Wildman–Crippen LogP) is 2.11. The predicted molar refractivity (Wildman–Crippen MR) is 104 cm³/mol. The molecule has 1 atom stereocenters. The maximum Gasteiger partial charge on any atom is 0.264 e. The van der Waals surface area contributed by atoms with Gasteiger partial charge in [0.25, 0.3) is 11.5 Å². The summed E-state index contributed by atoms with van der Waals surface area (Å²) < 4.78 is 2.01. The first kappa shape index (κ1) is 18.1. The highest BCUT2D eigenvalue weighted by Crippen LogP contribution is 2.22. The smallest absolute Gasteiger partial charge is 0.264 e. The second-order valence-corrected chi connectivity index (χ2v) is 6.95. The van der Waals surface area contributed by atoms with Crippen LogP contribution < -0.4 is 5.56 Å². The molecule has 1 N–H and O–H groups in total. The minimum atomic E-state index is -0.419. The van der Waals surface area contributed by atoms with E-state index in [-0.39, 0.29) is 17.5 Å². The standard InChI is InChI=1S/C20H22N6O2/c27-19-17(13-23-18(24-19)15-4-3-7-21-12-15)20(28)26-9-2-1-5-16(26)6-10-25-11-8-22-14-25/h3-4,7-8,11-14,16H,1-2,5-6,9-10H2,(H,23,24,27)/t16-/m1/s1. The summed E-state index contributed by atoms with van der Waals surface area (Å²) in [5.74, 6) is 0.159. The molecule has 4 rings (SSSR count). The average Bonchev–Trinajstić information content (AvgIpc) is 3.26. The Hall–Kier alpha value is -3.29. The molecule has 3 aromatic heterocycles. The molecule has 0 radical (unpaired) electrons. The molecule has 0 spiro atoms. The van der Waals surface area contributed by atoms with Crippen molar-refractivity contribution in [2.24, 2.45) is 0 Å². The maximum atomic E-state index is 13.1. The molecule has 28 heavy (non-hydrogen) atoms. The molecule has 8 heteroatoms. The summed E-state index contributed by atoms with van der Waals surface area (Å²) in [5, 5.41) is 0. The van der Waals surface area contributed by atoms with Crippen LogP contribution in [0, 0.1) is 0 Å². The van der Waals surface area contributed by atoms with Gasteiger partial charge in [-0.05, 0) is 37.8 Å². The van der Waals surface area contributed by atoms with Gasteiger partial charge in [-0.25, -0.2) is 9.97 Å². The number of amides is 1. The number of likely N-dealkylation sites (tertiary alicyclic amines) is 1. The fraction of sp³-hybridized carbons (Fsp3) is 0.350. The Kier molecular flexibility index (Phi) is 5.27. The topological polar surface area (TPSA) is 96.8 Å². The Labute approximate surface area is 162 Å². The van der Waals surface area contributed by atoms with Crippen molar-refractivity contribution in [3.63, 3.8) is 0 Å². The number of nitrogens with zero attached hydrogens (tertiary/aromatic N) is 5. The van der Waals surface area contributed by atoms with E-state index in [1.54, 1.807) is 31.0 Å². The molecule has 4 heterocycles. The number of imidazole rings is 1. The fourth-order valence-electron chi connectivity index (χ4n) is 3.64. The van der Waals surface area contributed by atoms with Crippen LogP contribution in [-0.4, -0.2) is 47.9 Å². The minimum absolute atomic E-state index is 0.0853. The summed E-state index contributed by atoms with van der Waals surface area (Å²) in [5.41, 5.74) is 0.370. The number of aryl methyl sites for hydroxylation is 1. The van der Waals surface area contributed by atoms with E-state index in [9.17, 15) is 9.59 Å². The van der Waals surface area contributed by atoms with Gasteiger partial charge in [-0.3, -0.25) is 14.6 Å². The first-order valence-electron chi connectivity index (χ1n) is 9.49. The van der Waals surface area contributed by atoms with Gasteiger partial charge >= 0.3 is 0 Å². The third-order valence-corrected chi connectivity index (χ3v) is 5.13. The van der Waals surface area contributed by atoms with Gasteiger partial charge in [-0.1, -0.05) is 0 Å². The van der Waals surface area contributed by atoms with Crippen LogP contribution in [-0.2, 0) is 6.54 Å². The Balaban J connectivity index is 1.52. The average molecular weight is 378 g/mol. The number of aromatic amines is 1. The lowest BCUT2D eigenvalue weighted by molar-refractivity contribution is 0.0593. The van der Waals surface area contributed by atoms with Gasteiger partial charge in [0.05, 0.1) is 6.33 Å². The first-order chi connectivity index (χ1) is 13.7. The number of carbonyl (C=O) groups excluding carboxylic acids is 1. The van der Waals surface area contributed by atoms with Gasteiger partial charge in [0.15, 0.2) is 0 Å². The van der Waals surface area contributed by atoms with Crippen LogP contribution in [0.5, 0.6) is 0 Å². The molecular formula is C20H22N6O2. The van der Waals surface area contributed by atoms with Gasteiger partial charge in [-0.15, -0.1) is 0 Å². The van der Waals surface area contributed by atoms with E-state index < -0.39 is 5.56 Å². The summed E-state index contributed by atoms with van der Waals surface area (Å²) >= 11 is 0. The van der Waals surface area contributed by atoms with E-state index in [1.165, 1.54) is 6.20 Å². The van der Waals surface area contributed by atoms with Crippen LogP contribution in [0.4, 0.5) is 0 Å². The summed E-state index contributed by atoms with van der Waals surface area (Å²) in [6.07, 6.45) is 13.9. The van der Waals surface area contributed by atoms with Crippen LogP contribution in [0.3, 0.4) is 0 Å². The molecule has 0 bridgehead atoms. The number of carbonyl (C=O) groups is 1. The molecule has 1 saturated heterocycles. The second kappa shape index (κ2) is 8.16. The Morgan fingerprint density at radius 1 is 1.21 bits per heavy atom. The zero-order chi connectivity index (χ0) is 19.3. The molecule has 0 saturated carbocycles. The molecular weight excluding hydrogens is 356 g/mol. The highest BCUT2D eigenvalue weighted by molar-refractivity contribution is 5.94. The first-order valence-corrected chi connectivity index (χ1v) is 9.49. The zero-order valence-electron chi connectivity index (χ0n) is 15.5. The molecule has 1 aliphatic heterocycles. The fourth-order valence-corrected chi connectivity index (χ4v) is 3.64. The summed E-state index contributed by atoms with van der Waals surface area (Å²) in [6.45, 7) is 1.46. The number of rotatable bonds is 5. The highest BCUT2D eigenvalue weighted by atomic mass is 16.2. The number of aromatic nitrogens is 5. The third kappa shape index (κ3) is 3.85. The Bertz CT molecular complexity index is 983. The number of H-pyrrole nitrogens is 1. The van der Waals surface area contributed by atoms with Crippen LogP contribution in [0.15, 0.2) is 54.2 Å². The zero-order valence-corrected chi connectivity index (χ0v) is 15.5. The number of hydrogen-bond donors (Lipinski definition) is 1. The second-order valence-electron chi connectivity index (χ2n) is 6.95. The van der Waals surface area contributed by atoms with E-state index in [1.807, 2.05) is 21.7 Å². The van der Waals surface area contributed by atoms with E-state index >= 15 is 0 Å². The molecule has 0 aromatic carbocycles. The Morgan fingerprint density at radius 2 is 2.14 bits per heavy atom. The SMILES string of the molecule is O=C(c1cnc(-c2cccnc2)[nH]c1=O)N1CCCC[C@@H]1CCn1ccnc1. The lowest BCUT2D eigenvalue weighted by Gasteiger charge is -2.35. The van der Waals surface area contributed by atoms with Crippen LogP contribution in [0.1, 0.15) is 36.0 Å². The largest absolute Gasteiger partial charge is 0.337 e. The third-order valence-electron chi connectivity index (χ3n) is 5.13. The summed E-state index contributed by atoms with van der Waals surface area (Å²) in [6, 6.07) is 3.69. The normalized spacial score (nSPS) is 16.9. The van der Waals surface area contributed by atoms with E-state index in [4.69, 9.17) is 0 Å². The van der Waals surface area contributed by atoms with E-state index in [0.717, 1.165) is 32.2 Å². The maximum absolute atomic E-state index is 13.1. The lowest BCUT2D eigenvalue weighted by atomic mass is 9.98. The minimum Gasteiger partial charge on any atom is -0.337 e. The number of hydrogen-bond acceptors (Lipinski definition) is 5. The highest BCUT2D eigenvalue weighted by Gasteiger charge is 2.29. The number of pyridine rings is 1. The van der Waals surface area contributed by atoms with Gasteiger partial charge in [0.1, 0.15) is 11.4 Å². The van der Waals surface area contributed by atoms with Crippen molar-refractivity contribution in [2.75, 3.05) is 6.54 Å². The monoisotopic (exact) mass is 378 g/mol. The van der Waals surface area contributed by atoms with Crippen molar-refractivity contribution < 1.29 is 4.79 Å². The van der Waals surface area contributed by atoms with Crippen molar-refractivity contribution in [1.82, 2.24) is 29.4 Å². The van der Waals surface area contributed by atoms with Crippen molar-refractivity contribution >= 4 is 5.91 Å². The molecule has 1 aliphatic rings. The number of piperidine rings is 1. The van der Waals surface area contributed by atoms with Gasteiger partial charge in [-0.2, -0.15) is 0 Å². The van der Waals surface area contributed by atoms with Crippen LogP contribution in [0.2, 0.25) is 0 Å². The molecule has 144 valence electrons. The molecule has 0 aliphatic carbocycles. The van der Waals surface area contributed by atoms with Gasteiger partial charge < -0.3 is 14.5 Å². The number of nitrogens with one attached hydrogen (secondary N) is 1. The lowest BCUT2D eigenvalue weighted by Crippen LogP contribution is -2.45. The molecule has 1 amide bonds. The van der Waals surface area contributed by atoms with Crippen molar-refractivity contribution in [3.05, 3.63) is 65.4 Å². The van der Waals surface area contributed by atoms with Gasteiger partial charge in [0, 0.05) is 55.7 Å². The molecule has 8 nitrogen and oxygen atoms in total. The molecule has 0 unspecified atom stereocenters. The summed E-state index contributed by atoms with van der Waals surface area (Å²) in [4.78, 5) is 42.6. The molecule has 1 fully saturated rings. The van der Waals surface area contributed by atoms with Gasteiger partial charge in [0.2, 0.25) is 0 Å². The van der Waals surface area contributed by atoms with Crippen LogP contribution in [0.25, 0.3) is 11.4 Å². The molecule has 3 aromatic rings. The Morgan fingerprint density at radius 3 is 2.89 bits per heavy atom. The van der Waals surface area contributed by atoms with E-state index in [2.05, 4.69) is 19.9 Å². The van der Waals surface area contributed by atoms with Crippen molar-refractivity contribution in [2.45, 2.75) is 38.3 Å². The van der Waals surface area contributed by atoms with Crippen LogP contribution >= 0.6 is 0 Å². The summed E-state index contributed by atoms with van der Waals surface area (Å²) in [7, 11) is 0.